The van der Waals surface area contributed by atoms with Crippen molar-refractivity contribution in [2.45, 2.75) is 52.0 Å². The van der Waals surface area contributed by atoms with Crippen LogP contribution in [0.4, 0.5) is 4.79 Å². The molecule has 0 aliphatic heterocycles. The third-order valence-electron chi connectivity index (χ3n) is 4.61. The van der Waals surface area contributed by atoms with E-state index in [9.17, 15) is 24.0 Å². The first-order valence-electron chi connectivity index (χ1n) is 12.2. The first-order chi connectivity index (χ1) is 17.3. The minimum Gasteiger partial charge on any atom is -0.395 e. The van der Waals surface area contributed by atoms with Crippen molar-refractivity contribution in [3.05, 3.63) is 0 Å². The summed E-state index contributed by atoms with van der Waals surface area (Å²) in [5, 5.41) is 25.2. The highest BCUT2D eigenvalue weighted by molar-refractivity contribution is 8.76. The van der Waals surface area contributed by atoms with E-state index in [1.807, 2.05) is 0 Å². The molecule has 0 radical (unpaired) electrons. The molecule has 0 spiro atoms. The number of nitrogens with one attached hydrogen (secondary N) is 6. The number of aliphatic hydroxyl groups excluding tert-OH is 1. The molecule has 0 saturated carbocycles. The molecule has 0 aromatic heterocycles. The molecule has 0 rings (SSSR count). The number of amides is 5. The largest absolute Gasteiger partial charge is 0.395 e. The standard InChI is InChI=1S/C22H42N6O6S2/c1-3-20(32)28-19(21(33)25-10-13-29)6-4-5-8-23-16-18(31)7-9-26-22(34)27-12-15-36-35-14-11-24-17(2)30/h19,23,29H,3-16H2,1-2H3,(H,24,30)(H,25,33)(H,28,32)(H2,26,27,34). The van der Waals surface area contributed by atoms with Gasteiger partial charge in [0, 0.05) is 57.5 Å². The van der Waals surface area contributed by atoms with Crippen molar-refractivity contribution < 1.29 is 29.1 Å². The number of Topliss-reactive ketones (excluding diaryl/α,β-unsaturated/α-hetero) is 1. The van der Waals surface area contributed by atoms with Gasteiger partial charge in [-0.25, -0.2) is 4.79 Å². The topological polar surface area (TPSA) is 178 Å². The van der Waals surface area contributed by atoms with Gasteiger partial charge in [-0.3, -0.25) is 19.2 Å². The zero-order chi connectivity index (χ0) is 27.0. The fourth-order valence-electron chi connectivity index (χ4n) is 2.75. The molecule has 7 N–H and O–H groups in total. The summed E-state index contributed by atoms with van der Waals surface area (Å²) in [7, 11) is 3.24. The van der Waals surface area contributed by atoms with Crippen molar-refractivity contribution in [3.63, 3.8) is 0 Å². The van der Waals surface area contributed by atoms with Gasteiger partial charge in [0.15, 0.2) is 0 Å². The lowest BCUT2D eigenvalue weighted by Gasteiger charge is -2.18. The lowest BCUT2D eigenvalue weighted by atomic mass is 10.1. The van der Waals surface area contributed by atoms with E-state index in [0.717, 1.165) is 17.9 Å². The van der Waals surface area contributed by atoms with E-state index in [1.54, 1.807) is 28.5 Å². The van der Waals surface area contributed by atoms with Crippen LogP contribution in [0.1, 0.15) is 46.0 Å². The fourth-order valence-corrected chi connectivity index (χ4v) is 4.57. The van der Waals surface area contributed by atoms with E-state index >= 15 is 0 Å². The van der Waals surface area contributed by atoms with Gasteiger partial charge < -0.3 is 37.0 Å². The molecule has 14 heteroatoms. The molecule has 0 fully saturated rings. The summed E-state index contributed by atoms with van der Waals surface area (Å²) in [6.07, 6.45) is 2.38. The molecule has 0 aliphatic rings. The highest BCUT2D eigenvalue weighted by Crippen LogP contribution is 2.19. The Bertz CT molecular complexity index is 671. The zero-order valence-corrected chi connectivity index (χ0v) is 22.9. The van der Waals surface area contributed by atoms with Gasteiger partial charge in [0.25, 0.3) is 0 Å². The first kappa shape index (κ1) is 34.0. The third kappa shape index (κ3) is 21.3. The van der Waals surface area contributed by atoms with Crippen LogP contribution in [0.5, 0.6) is 0 Å². The van der Waals surface area contributed by atoms with Gasteiger partial charge in [0.1, 0.15) is 11.8 Å². The van der Waals surface area contributed by atoms with Gasteiger partial charge in [-0.1, -0.05) is 28.5 Å². The summed E-state index contributed by atoms with van der Waals surface area (Å²) in [4.78, 5) is 58.2. The molecule has 0 aromatic carbocycles. The highest BCUT2D eigenvalue weighted by atomic mass is 33.1. The maximum atomic E-state index is 12.1. The number of hydrogen-bond donors (Lipinski definition) is 7. The lowest BCUT2D eigenvalue weighted by molar-refractivity contribution is -0.129. The van der Waals surface area contributed by atoms with Crippen LogP contribution in [0.3, 0.4) is 0 Å². The highest BCUT2D eigenvalue weighted by Gasteiger charge is 2.19. The van der Waals surface area contributed by atoms with Gasteiger partial charge in [-0.2, -0.15) is 0 Å². The van der Waals surface area contributed by atoms with Gasteiger partial charge in [0.05, 0.1) is 13.2 Å². The van der Waals surface area contributed by atoms with Crippen LogP contribution in [0.15, 0.2) is 0 Å². The molecule has 0 heterocycles. The Kier molecular flexibility index (Phi) is 22.1. The Hall–Kier alpha value is -2.03. The maximum absolute atomic E-state index is 12.1. The summed E-state index contributed by atoms with van der Waals surface area (Å²) in [5.74, 6) is 0.945. The number of unbranched alkanes of at least 4 members (excludes halogenated alkanes) is 1. The van der Waals surface area contributed by atoms with E-state index < -0.39 is 6.04 Å². The van der Waals surface area contributed by atoms with Crippen molar-refractivity contribution in [1.29, 1.82) is 0 Å². The summed E-state index contributed by atoms with van der Waals surface area (Å²) in [5.41, 5.74) is 0. The summed E-state index contributed by atoms with van der Waals surface area (Å²) < 4.78 is 0. The molecule has 5 amide bonds. The van der Waals surface area contributed by atoms with Crippen LogP contribution >= 0.6 is 21.6 Å². The van der Waals surface area contributed by atoms with E-state index in [4.69, 9.17) is 5.11 Å². The van der Waals surface area contributed by atoms with Crippen LogP contribution in [-0.2, 0) is 19.2 Å². The molecule has 0 bridgehead atoms. The Balaban J connectivity index is 3.77. The number of aliphatic hydroxyl groups is 1. The van der Waals surface area contributed by atoms with Crippen molar-refractivity contribution >= 4 is 51.1 Å². The number of hydrogen-bond acceptors (Lipinski definition) is 9. The molecule has 0 aliphatic carbocycles. The van der Waals surface area contributed by atoms with Crippen molar-refractivity contribution in [3.8, 4) is 0 Å². The minimum absolute atomic E-state index is 0.0158. The van der Waals surface area contributed by atoms with Crippen LogP contribution in [0.25, 0.3) is 0 Å². The van der Waals surface area contributed by atoms with Crippen LogP contribution < -0.4 is 31.9 Å². The molecule has 1 unspecified atom stereocenters. The van der Waals surface area contributed by atoms with Gasteiger partial charge in [-0.05, 0) is 25.8 Å². The molecule has 0 aromatic rings. The van der Waals surface area contributed by atoms with Crippen LogP contribution in [-0.4, -0.2) is 98.1 Å². The van der Waals surface area contributed by atoms with Crippen LogP contribution in [0.2, 0.25) is 0 Å². The number of urea groups is 1. The van der Waals surface area contributed by atoms with E-state index in [2.05, 4.69) is 31.9 Å². The number of ketones is 1. The monoisotopic (exact) mass is 550 g/mol. The smallest absolute Gasteiger partial charge is 0.314 e. The Labute approximate surface area is 221 Å². The number of carbonyl (C=O) groups excluding carboxylic acids is 5. The quantitative estimate of drug-likeness (QED) is 0.0693. The van der Waals surface area contributed by atoms with Crippen molar-refractivity contribution in [1.82, 2.24) is 31.9 Å². The second kappa shape index (κ2) is 23.4. The SMILES string of the molecule is CCC(=O)NC(CCCCNCC(=O)CCNC(=O)NCCSSCCNC(C)=O)C(=O)NCCO. The van der Waals surface area contributed by atoms with Gasteiger partial charge in [0.2, 0.25) is 17.7 Å². The van der Waals surface area contributed by atoms with Gasteiger partial charge >= 0.3 is 6.03 Å². The van der Waals surface area contributed by atoms with E-state index in [0.29, 0.717) is 32.5 Å². The Morgan fingerprint density at radius 3 is 2.14 bits per heavy atom. The average molecular weight is 551 g/mol. The van der Waals surface area contributed by atoms with E-state index in [-0.39, 0.29) is 68.6 Å². The predicted molar refractivity (Wildman–Crippen MR) is 144 cm³/mol. The molecule has 1 atom stereocenters. The van der Waals surface area contributed by atoms with Crippen molar-refractivity contribution in [2.24, 2.45) is 0 Å². The second-order valence-electron chi connectivity index (χ2n) is 7.76. The molecular formula is C22H42N6O6S2. The Morgan fingerprint density at radius 2 is 1.50 bits per heavy atom. The molecule has 36 heavy (non-hydrogen) atoms. The molecule has 12 nitrogen and oxygen atoms in total. The molecule has 0 saturated heterocycles. The molecular weight excluding hydrogens is 508 g/mol. The average Bonchev–Trinajstić information content (AvgIpc) is 2.84. The van der Waals surface area contributed by atoms with Crippen molar-refractivity contribution in [2.75, 3.05) is 57.4 Å². The second-order valence-corrected chi connectivity index (χ2v) is 10.5. The minimum atomic E-state index is -0.643. The maximum Gasteiger partial charge on any atom is 0.314 e. The third-order valence-corrected chi connectivity index (χ3v) is 7.01. The normalized spacial score (nSPS) is 11.3. The fraction of sp³-hybridized carbons (Fsp3) is 0.773. The number of rotatable bonds is 22. The summed E-state index contributed by atoms with van der Waals surface area (Å²) >= 11 is 0. The first-order valence-corrected chi connectivity index (χ1v) is 14.7. The summed E-state index contributed by atoms with van der Waals surface area (Å²) in [6, 6.07) is -0.956. The Morgan fingerprint density at radius 1 is 0.833 bits per heavy atom. The molecule has 208 valence electrons. The number of carbonyl (C=O) groups is 5. The zero-order valence-electron chi connectivity index (χ0n) is 21.3. The predicted octanol–water partition coefficient (Wildman–Crippen LogP) is -0.474. The summed E-state index contributed by atoms with van der Waals surface area (Å²) in [6.45, 7) is 5.33. The lowest BCUT2D eigenvalue weighted by Crippen LogP contribution is -2.47. The van der Waals surface area contributed by atoms with E-state index in [1.165, 1.54) is 6.92 Å². The van der Waals surface area contributed by atoms with Gasteiger partial charge in [-0.15, -0.1) is 0 Å². The van der Waals surface area contributed by atoms with Crippen LogP contribution in [0, 0.1) is 0 Å².